The Morgan fingerprint density at radius 1 is 1.14 bits per heavy atom. The van der Waals surface area contributed by atoms with Crippen LogP contribution < -0.4 is 9.84 Å². The molecule has 1 aliphatic rings. The first kappa shape index (κ1) is 20.1. The van der Waals surface area contributed by atoms with Gasteiger partial charge in [-0.05, 0) is 30.5 Å². The van der Waals surface area contributed by atoms with E-state index in [1.807, 2.05) is 0 Å². The number of hydrogen-bond donors (Lipinski definition) is 1. The molecule has 2 aromatic rings. The number of carbonyl (C=O) groups is 3. The number of aliphatic hydroxyl groups excluding tert-OH is 1. The van der Waals surface area contributed by atoms with Crippen LogP contribution >= 0.6 is 0 Å². The molecule has 0 bridgehead atoms. The summed E-state index contributed by atoms with van der Waals surface area (Å²) in [6.45, 7) is 0.0337. The Labute approximate surface area is 167 Å². The smallest absolute Gasteiger partial charge is 0.295 e. The number of ketones is 1. The summed E-state index contributed by atoms with van der Waals surface area (Å²) in [4.78, 5) is 37.5. The van der Waals surface area contributed by atoms with Crippen LogP contribution in [0.15, 0.2) is 60.2 Å². The van der Waals surface area contributed by atoms with E-state index >= 15 is 0 Å². The Balaban J connectivity index is 2.10. The largest absolute Gasteiger partial charge is 0.550 e. The van der Waals surface area contributed by atoms with Crippen LogP contribution in [0.25, 0.3) is 5.76 Å². The Morgan fingerprint density at radius 2 is 1.86 bits per heavy atom. The number of benzene rings is 2. The first-order valence-electron chi connectivity index (χ1n) is 9.11. The predicted molar refractivity (Wildman–Crippen MR) is 103 cm³/mol. The number of methoxy groups -OCH3 is 1. The minimum Gasteiger partial charge on any atom is -0.550 e. The number of likely N-dealkylation sites (tertiary alicyclic amines) is 1. The van der Waals surface area contributed by atoms with E-state index in [2.05, 4.69) is 0 Å². The predicted octanol–water partition coefficient (Wildman–Crippen LogP) is 1.65. The average molecular weight is 394 g/mol. The maximum atomic E-state index is 12.8. The van der Waals surface area contributed by atoms with Gasteiger partial charge in [0.05, 0.1) is 18.7 Å². The molecule has 150 valence electrons. The number of ether oxygens (including phenoxy) is 1. The molecule has 0 aliphatic carbocycles. The van der Waals surface area contributed by atoms with Crippen molar-refractivity contribution in [3.05, 3.63) is 71.3 Å². The summed E-state index contributed by atoms with van der Waals surface area (Å²) in [5.41, 5.74) is 0.950. The van der Waals surface area contributed by atoms with Crippen LogP contribution in [-0.4, -0.2) is 41.3 Å². The first-order chi connectivity index (χ1) is 13.9. The van der Waals surface area contributed by atoms with Gasteiger partial charge >= 0.3 is 0 Å². The van der Waals surface area contributed by atoms with Gasteiger partial charge in [0, 0.05) is 18.1 Å². The van der Waals surface area contributed by atoms with Crippen molar-refractivity contribution >= 4 is 23.4 Å². The molecule has 0 radical (unpaired) electrons. The lowest BCUT2D eigenvalue weighted by molar-refractivity contribution is -0.305. The molecular formula is C22H20NO6-. The van der Waals surface area contributed by atoms with E-state index in [0.29, 0.717) is 16.9 Å². The number of amides is 1. The Kier molecular flexibility index (Phi) is 5.97. The highest BCUT2D eigenvalue weighted by Gasteiger charge is 2.45. The van der Waals surface area contributed by atoms with E-state index in [-0.39, 0.29) is 30.7 Å². The number of carboxylic acid groups (broad SMARTS) is 1. The second-order valence-corrected chi connectivity index (χ2v) is 6.61. The van der Waals surface area contributed by atoms with Crippen molar-refractivity contribution < 1.29 is 29.3 Å². The monoisotopic (exact) mass is 394 g/mol. The van der Waals surface area contributed by atoms with Gasteiger partial charge in [-0.15, -0.1) is 0 Å². The fraction of sp³-hybridized carbons (Fsp3) is 0.227. The van der Waals surface area contributed by atoms with Crippen LogP contribution in [0.1, 0.15) is 30.0 Å². The standard InChI is InChI=1S/C22H21NO6/c1-29-16-10-5-9-15(13-16)19-18(20(26)14-7-3-2-4-8-14)21(27)22(28)23(19)12-6-11-17(24)25/h2-5,7-10,13,19,26H,6,11-12H2,1H3,(H,24,25)/p-1/t19-/m1/s1. The van der Waals surface area contributed by atoms with E-state index in [9.17, 15) is 24.6 Å². The summed E-state index contributed by atoms with van der Waals surface area (Å²) in [7, 11) is 1.50. The number of hydrogen-bond acceptors (Lipinski definition) is 6. The number of aliphatic carboxylic acids is 1. The van der Waals surface area contributed by atoms with Gasteiger partial charge in [0.2, 0.25) is 0 Å². The van der Waals surface area contributed by atoms with Gasteiger partial charge < -0.3 is 24.6 Å². The van der Waals surface area contributed by atoms with Crippen LogP contribution in [0.3, 0.4) is 0 Å². The SMILES string of the molecule is COc1cccc([C@@H]2C(=C(O)c3ccccc3)C(=O)C(=O)N2CCCC(=O)[O-])c1. The summed E-state index contributed by atoms with van der Waals surface area (Å²) in [5, 5.41) is 21.6. The molecule has 7 nitrogen and oxygen atoms in total. The number of nitrogens with zero attached hydrogens (tertiary/aromatic N) is 1. The molecule has 0 aromatic heterocycles. The highest BCUT2D eigenvalue weighted by atomic mass is 16.5. The van der Waals surface area contributed by atoms with Crippen LogP contribution in [0.4, 0.5) is 0 Å². The van der Waals surface area contributed by atoms with E-state index < -0.39 is 23.7 Å². The maximum absolute atomic E-state index is 12.8. The summed E-state index contributed by atoms with van der Waals surface area (Å²) in [6, 6.07) is 14.5. The molecule has 7 heteroatoms. The molecule has 2 aromatic carbocycles. The topological polar surface area (TPSA) is 107 Å². The highest BCUT2D eigenvalue weighted by molar-refractivity contribution is 6.46. The fourth-order valence-corrected chi connectivity index (χ4v) is 3.41. The summed E-state index contributed by atoms with van der Waals surface area (Å²) in [5.74, 6) is -2.58. The molecule has 1 saturated heterocycles. The summed E-state index contributed by atoms with van der Waals surface area (Å²) >= 11 is 0. The van der Waals surface area contributed by atoms with Crippen molar-refractivity contribution in [1.82, 2.24) is 4.90 Å². The van der Waals surface area contributed by atoms with Gasteiger partial charge in [-0.2, -0.15) is 0 Å². The van der Waals surface area contributed by atoms with Crippen molar-refractivity contribution in [2.45, 2.75) is 18.9 Å². The number of aliphatic hydroxyl groups is 1. The van der Waals surface area contributed by atoms with Gasteiger partial charge in [0.15, 0.2) is 0 Å². The zero-order valence-corrected chi connectivity index (χ0v) is 15.8. The van der Waals surface area contributed by atoms with Crippen LogP contribution in [0, 0.1) is 0 Å². The molecule has 0 unspecified atom stereocenters. The number of carboxylic acids is 1. The van der Waals surface area contributed by atoms with Gasteiger partial charge in [-0.25, -0.2) is 0 Å². The molecule has 0 spiro atoms. The zero-order chi connectivity index (χ0) is 21.0. The zero-order valence-electron chi connectivity index (χ0n) is 15.8. The highest BCUT2D eigenvalue weighted by Crippen LogP contribution is 2.40. The Morgan fingerprint density at radius 3 is 2.52 bits per heavy atom. The second-order valence-electron chi connectivity index (χ2n) is 6.61. The molecule has 29 heavy (non-hydrogen) atoms. The van der Waals surface area contributed by atoms with Crippen molar-refractivity contribution in [2.24, 2.45) is 0 Å². The second kappa shape index (κ2) is 8.60. The molecule has 3 rings (SSSR count). The van der Waals surface area contributed by atoms with E-state index in [1.54, 1.807) is 54.6 Å². The molecule has 0 saturated carbocycles. The third kappa shape index (κ3) is 4.13. The Hall–Kier alpha value is -3.61. The number of carbonyl (C=O) groups excluding carboxylic acids is 3. The van der Waals surface area contributed by atoms with Gasteiger partial charge in [-0.3, -0.25) is 9.59 Å². The van der Waals surface area contributed by atoms with E-state index in [0.717, 1.165) is 0 Å². The third-order valence-corrected chi connectivity index (χ3v) is 4.78. The normalized spacial score (nSPS) is 18.1. The summed E-state index contributed by atoms with van der Waals surface area (Å²) in [6.07, 6.45) is -0.117. The quantitative estimate of drug-likeness (QED) is 0.435. The van der Waals surface area contributed by atoms with Crippen molar-refractivity contribution in [2.75, 3.05) is 13.7 Å². The molecule has 1 N–H and O–H groups in total. The molecular weight excluding hydrogens is 374 g/mol. The first-order valence-corrected chi connectivity index (χ1v) is 9.11. The maximum Gasteiger partial charge on any atom is 0.295 e. The Bertz CT molecular complexity index is 966. The molecule has 1 amide bonds. The molecule has 1 atom stereocenters. The molecule has 1 aliphatic heterocycles. The van der Waals surface area contributed by atoms with Crippen molar-refractivity contribution in [1.29, 1.82) is 0 Å². The minimum atomic E-state index is -1.23. The lowest BCUT2D eigenvalue weighted by Gasteiger charge is -2.25. The van der Waals surface area contributed by atoms with Crippen LogP contribution in [-0.2, 0) is 14.4 Å². The van der Waals surface area contributed by atoms with Gasteiger partial charge in [0.25, 0.3) is 11.7 Å². The minimum absolute atomic E-state index is 0.0337. The van der Waals surface area contributed by atoms with Crippen LogP contribution in [0.2, 0.25) is 0 Å². The molecule has 1 fully saturated rings. The lowest BCUT2D eigenvalue weighted by Crippen LogP contribution is -2.32. The fourth-order valence-electron chi connectivity index (χ4n) is 3.41. The summed E-state index contributed by atoms with van der Waals surface area (Å²) < 4.78 is 5.24. The number of rotatable bonds is 7. The van der Waals surface area contributed by atoms with Crippen LogP contribution in [0.5, 0.6) is 5.75 Å². The average Bonchev–Trinajstić information content (AvgIpc) is 2.98. The van der Waals surface area contributed by atoms with Gasteiger partial charge in [-0.1, -0.05) is 42.5 Å². The van der Waals surface area contributed by atoms with Crippen molar-refractivity contribution in [3.8, 4) is 5.75 Å². The third-order valence-electron chi connectivity index (χ3n) is 4.78. The van der Waals surface area contributed by atoms with E-state index in [1.165, 1.54) is 12.0 Å². The van der Waals surface area contributed by atoms with Crippen molar-refractivity contribution in [3.63, 3.8) is 0 Å². The molecule has 1 heterocycles. The van der Waals surface area contributed by atoms with E-state index in [4.69, 9.17) is 4.74 Å². The van der Waals surface area contributed by atoms with Gasteiger partial charge in [0.1, 0.15) is 11.5 Å². The lowest BCUT2D eigenvalue weighted by atomic mass is 9.95. The number of Topliss-reactive ketones (excluding diaryl/α,β-unsaturated/α-hetero) is 1.